The molecule has 0 saturated carbocycles. The first-order chi connectivity index (χ1) is 11.9. The first-order valence-corrected chi connectivity index (χ1v) is 8.61. The summed E-state index contributed by atoms with van der Waals surface area (Å²) in [6, 6.07) is 10.8. The average Bonchev–Trinajstić information content (AvgIpc) is 3.00. The van der Waals surface area contributed by atoms with E-state index in [0.717, 1.165) is 11.3 Å². The van der Waals surface area contributed by atoms with E-state index in [0.29, 0.717) is 11.1 Å². The molecule has 2 aromatic rings. The molecule has 1 unspecified atom stereocenters. The minimum Gasteiger partial charge on any atom is -0.497 e. The third kappa shape index (κ3) is 5.63. The Morgan fingerprint density at radius 3 is 2.72 bits per heavy atom. The van der Waals surface area contributed by atoms with Gasteiger partial charge in [0.05, 0.1) is 13.7 Å². The predicted octanol–water partition coefficient (Wildman–Crippen LogP) is 2.87. The quantitative estimate of drug-likeness (QED) is 0.764. The number of benzene rings is 1. The van der Waals surface area contributed by atoms with E-state index >= 15 is 0 Å². The Bertz CT molecular complexity index is 744. The maximum absolute atomic E-state index is 12.2. The van der Waals surface area contributed by atoms with E-state index in [4.69, 9.17) is 9.15 Å². The molecule has 25 heavy (non-hydrogen) atoms. The topological polar surface area (TPSA) is 71.8 Å². The SMILES string of the molecule is COc1cccc(CC(C)NC(=O)CN(C)C(=O)c2ccc(Br)o2)c1. The summed E-state index contributed by atoms with van der Waals surface area (Å²) in [7, 11) is 3.18. The van der Waals surface area contributed by atoms with E-state index in [-0.39, 0.29) is 30.2 Å². The molecule has 1 heterocycles. The number of carbonyl (C=O) groups excluding carboxylic acids is 2. The van der Waals surface area contributed by atoms with Crippen molar-refractivity contribution in [2.75, 3.05) is 20.7 Å². The molecule has 134 valence electrons. The van der Waals surface area contributed by atoms with E-state index in [1.165, 1.54) is 4.90 Å². The van der Waals surface area contributed by atoms with Crippen molar-refractivity contribution < 1.29 is 18.7 Å². The van der Waals surface area contributed by atoms with Crippen LogP contribution in [0, 0.1) is 0 Å². The number of furan rings is 1. The fourth-order valence-electron chi connectivity index (χ4n) is 2.43. The lowest BCUT2D eigenvalue weighted by Crippen LogP contribution is -2.42. The second-order valence-electron chi connectivity index (χ2n) is 5.79. The molecule has 0 aliphatic heterocycles. The Labute approximate surface area is 155 Å². The minimum atomic E-state index is -0.346. The molecule has 0 aliphatic carbocycles. The average molecular weight is 409 g/mol. The van der Waals surface area contributed by atoms with Gasteiger partial charge < -0.3 is 19.4 Å². The van der Waals surface area contributed by atoms with Gasteiger partial charge in [0.25, 0.3) is 5.91 Å². The highest BCUT2D eigenvalue weighted by Crippen LogP contribution is 2.16. The normalized spacial score (nSPS) is 11.7. The maximum Gasteiger partial charge on any atom is 0.289 e. The van der Waals surface area contributed by atoms with Gasteiger partial charge in [-0.15, -0.1) is 0 Å². The smallest absolute Gasteiger partial charge is 0.289 e. The number of ether oxygens (including phenoxy) is 1. The van der Waals surface area contributed by atoms with E-state index in [2.05, 4.69) is 21.2 Å². The monoisotopic (exact) mass is 408 g/mol. The molecule has 2 rings (SSSR count). The Balaban J connectivity index is 1.85. The van der Waals surface area contributed by atoms with Crippen molar-refractivity contribution in [3.8, 4) is 5.75 Å². The highest BCUT2D eigenvalue weighted by atomic mass is 79.9. The summed E-state index contributed by atoms with van der Waals surface area (Å²) in [5, 5.41) is 2.89. The summed E-state index contributed by atoms with van der Waals surface area (Å²) in [6.45, 7) is 1.88. The summed E-state index contributed by atoms with van der Waals surface area (Å²) in [4.78, 5) is 25.6. The number of hydrogen-bond acceptors (Lipinski definition) is 4. The zero-order chi connectivity index (χ0) is 18.4. The van der Waals surface area contributed by atoms with Crippen LogP contribution in [-0.2, 0) is 11.2 Å². The second kappa shape index (κ2) is 8.71. The molecular weight excluding hydrogens is 388 g/mol. The van der Waals surface area contributed by atoms with Crippen LogP contribution in [0.15, 0.2) is 45.5 Å². The van der Waals surface area contributed by atoms with Gasteiger partial charge in [-0.2, -0.15) is 0 Å². The van der Waals surface area contributed by atoms with Gasteiger partial charge >= 0.3 is 0 Å². The zero-order valence-electron chi connectivity index (χ0n) is 14.4. The number of nitrogens with one attached hydrogen (secondary N) is 1. The van der Waals surface area contributed by atoms with Crippen molar-refractivity contribution in [3.63, 3.8) is 0 Å². The summed E-state index contributed by atoms with van der Waals surface area (Å²) in [6.07, 6.45) is 0.672. The van der Waals surface area contributed by atoms with Crippen molar-refractivity contribution >= 4 is 27.7 Å². The molecule has 1 aromatic carbocycles. The van der Waals surface area contributed by atoms with Gasteiger partial charge in [0, 0.05) is 13.1 Å². The Morgan fingerprint density at radius 1 is 1.32 bits per heavy atom. The molecule has 1 N–H and O–H groups in total. The molecule has 0 aliphatic rings. The van der Waals surface area contributed by atoms with Crippen LogP contribution in [0.1, 0.15) is 23.0 Å². The van der Waals surface area contributed by atoms with E-state index in [1.807, 2.05) is 31.2 Å². The third-order valence-electron chi connectivity index (χ3n) is 3.59. The molecule has 2 amide bonds. The largest absolute Gasteiger partial charge is 0.497 e. The van der Waals surface area contributed by atoms with Crippen LogP contribution < -0.4 is 10.1 Å². The standard InChI is InChI=1S/C18H21BrN2O4/c1-12(9-13-5-4-6-14(10-13)24-3)20-17(22)11-21(2)18(23)15-7-8-16(19)25-15/h4-8,10,12H,9,11H2,1-3H3,(H,20,22). The number of halogens is 1. The summed E-state index contributed by atoms with van der Waals surface area (Å²) in [5.41, 5.74) is 1.07. The lowest BCUT2D eigenvalue weighted by molar-refractivity contribution is -0.122. The first kappa shape index (κ1) is 19.1. The highest BCUT2D eigenvalue weighted by molar-refractivity contribution is 9.10. The lowest BCUT2D eigenvalue weighted by Gasteiger charge is -2.18. The van der Waals surface area contributed by atoms with Crippen molar-refractivity contribution in [2.45, 2.75) is 19.4 Å². The van der Waals surface area contributed by atoms with Gasteiger partial charge in [-0.05, 0) is 59.1 Å². The van der Waals surface area contributed by atoms with Crippen molar-refractivity contribution in [2.24, 2.45) is 0 Å². The molecule has 0 radical (unpaired) electrons. The molecule has 6 nitrogen and oxygen atoms in total. The van der Waals surface area contributed by atoms with Crippen LogP contribution in [0.5, 0.6) is 5.75 Å². The molecular formula is C18H21BrN2O4. The molecule has 0 fully saturated rings. The minimum absolute atomic E-state index is 0.0421. The number of hydrogen-bond donors (Lipinski definition) is 1. The van der Waals surface area contributed by atoms with Gasteiger partial charge in [-0.25, -0.2) is 0 Å². The van der Waals surface area contributed by atoms with Crippen LogP contribution >= 0.6 is 15.9 Å². The van der Waals surface area contributed by atoms with E-state index in [1.54, 1.807) is 26.3 Å². The van der Waals surface area contributed by atoms with Gasteiger partial charge in [0.15, 0.2) is 10.4 Å². The molecule has 0 saturated heterocycles. The second-order valence-corrected chi connectivity index (χ2v) is 6.57. The van der Waals surface area contributed by atoms with E-state index in [9.17, 15) is 9.59 Å². The third-order valence-corrected chi connectivity index (χ3v) is 4.02. The van der Waals surface area contributed by atoms with Crippen LogP contribution in [0.25, 0.3) is 0 Å². The van der Waals surface area contributed by atoms with Crippen LogP contribution in [0.2, 0.25) is 0 Å². The summed E-state index contributed by atoms with van der Waals surface area (Å²) >= 11 is 3.15. The number of nitrogens with zero attached hydrogens (tertiary/aromatic N) is 1. The van der Waals surface area contributed by atoms with Crippen molar-refractivity contribution in [1.29, 1.82) is 0 Å². The predicted molar refractivity (Wildman–Crippen MR) is 97.7 cm³/mol. The molecule has 1 aromatic heterocycles. The van der Waals surface area contributed by atoms with E-state index < -0.39 is 0 Å². The van der Waals surface area contributed by atoms with Crippen LogP contribution in [0.4, 0.5) is 0 Å². The zero-order valence-corrected chi connectivity index (χ0v) is 16.0. The summed E-state index contributed by atoms with van der Waals surface area (Å²) in [5.74, 6) is 0.399. The molecule has 0 bridgehead atoms. The number of methoxy groups -OCH3 is 1. The molecule has 0 spiro atoms. The number of carbonyl (C=O) groups is 2. The van der Waals surface area contributed by atoms with Crippen LogP contribution in [0.3, 0.4) is 0 Å². The number of amides is 2. The number of rotatable bonds is 7. The van der Waals surface area contributed by atoms with Crippen LogP contribution in [-0.4, -0.2) is 43.5 Å². The van der Waals surface area contributed by atoms with Gasteiger partial charge in [0.1, 0.15) is 5.75 Å². The lowest BCUT2D eigenvalue weighted by atomic mass is 10.1. The Hall–Kier alpha value is -2.28. The molecule has 7 heteroatoms. The molecule has 1 atom stereocenters. The Kier molecular flexibility index (Phi) is 6.64. The Morgan fingerprint density at radius 2 is 2.08 bits per heavy atom. The summed E-state index contributed by atoms with van der Waals surface area (Å²) < 4.78 is 10.9. The van der Waals surface area contributed by atoms with Crippen molar-refractivity contribution in [3.05, 3.63) is 52.4 Å². The maximum atomic E-state index is 12.2. The fraction of sp³-hybridized carbons (Fsp3) is 0.333. The highest BCUT2D eigenvalue weighted by Gasteiger charge is 2.19. The first-order valence-electron chi connectivity index (χ1n) is 7.82. The number of likely N-dealkylation sites (N-methyl/N-ethyl adjacent to an activating group) is 1. The van der Waals surface area contributed by atoms with Gasteiger partial charge in [-0.1, -0.05) is 12.1 Å². The van der Waals surface area contributed by atoms with Crippen molar-refractivity contribution in [1.82, 2.24) is 10.2 Å². The fourth-order valence-corrected chi connectivity index (χ4v) is 2.74. The van der Waals surface area contributed by atoms with Gasteiger partial charge in [0.2, 0.25) is 5.91 Å². The van der Waals surface area contributed by atoms with Gasteiger partial charge in [-0.3, -0.25) is 9.59 Å².